The number of amides is 1. The highest BCUT2D eigenvalue weighted by Gasteiger charge is 2.21. The molecule has 154 valence electrons. The van der Waals surface area contributed by atoms with Crippen molar-refractivity contribution >= 4 is 28.8 Å². The number of phenolic OH excluding ortho intramolecular Hbond substituents is 1. The summed E-state index contributed by atoms with van der Waals surface area (Å²) in [6.07, 6.45) is 0.956. The molecule has 0 bridgehead atoms. The van der Waals surface area contributed by atoms with E-state index >= 15 is 0 Å². The SMILES string of the molecule is O=CC1CNCCN1Cc1ccc(NC(=O)c2cc(=O)c3c(O)cccc3o2)cc1. The molecule has 0 radical (unpaired) electrons. The topological polar surface area (TPSA) is 112 Å². The zero-order valence-corrected chi connectivity index (χ0v) is 16.1. The summed E-state index contributed by atoms with van der Waals surface area (Å²) in [5, 5.41) is 15.7. The minimum Gasteiger partial charge on any atom is -0.507 e. The number of carbonyl (C=O) groups excluding carboxylic acids is 2. The van der Waals surface area contributed by atoms with Gasteiger partial charge in [-0.15, -0.1) is 0 Å². The molecule has 8 heteroatoms. The molecule has 4 rings (SSSR count). The monoisotopic (exact) mass is 407 g/mol. The molecule has 2 aromatic carbocycles. The third kappa shape index (κ3) is 4.10. The highest BCUT2D eigenvalue weighted by atomic mass is 16.3. The average Bonchev–Trinajstić information content (AvgIpc) is 2.75. The molecule has 1 atom stereocenters. The maximum absolute atomic E-state index is 12.5. The Labute approximate surface area is 172 Å². The van der Waals surface area contributed by atoms with E-state index in [9.17, 15) is 19.5 Å². The van der Waals surface area contributed by atoms with E-state index in [-0.39, 0.29) is 28.5 Å². The van der Waals surface area contributed by atoms with Crippen LogP contribution in [0, 0.1) is 0 Å². The number of nitrogens with one attached hydrogen (secondary N) is 2. The molecule has 0 aliphatic carbocycles. The summed E-state index contributed by atoms with van der Waals surface area (Å²) in [7, 11) is 0. The lowest BCUT2D eigenvalue weighted by atomic mass is 10.1. The van der Waals surface area contributed by atoms with Crippen LogP contribution in [-0.4, -0.2) is 47.9 Å². The van der Waals surface area contributed by atoms with Crippen LogP contribution in [0.25, 0.3) is 11.0 Å². The zero-order chi connectivity index (χ0) is 21.1. The van der Waals surface area contributed by atoms with Gasteiger partial charge in [-0.2, -0.15) is 0 Å². The van der Waals surface area contributed by atoms with E-state index in [1.807, 2.05) is 12.1 Å². The fourth-order valence-corrected chi connectivity index (χ4v) is 3.52. The van der Waals surface area contributed by atoms with Crippen LogP contribution < -0.4 is 16.1 Å². The second-order valence-corrected chi connectivity index (χ2v) is 7.15. The summed E-state index contributed by atoms with van der Waals surface area (Å²) in [4.78, 5) is 38.1. The van der Waals surface area contributed by atoms with Crippen molar-refractivity contribution in [2.24, 2.45) is 0 Å². The van der Waals surface area contributed by atoms with Crippen LogP contribution in [0.3, 0.4) is 0 Å². The van der Waals surface area contributed by atoms with Crippen LogP contribution >= 0.6 is 0 Å². The Morgan fingerprint density at radius 1 is 1.27 bits per heavy atom. The van der Waals surface area contributed by atoms with Gasteiger partial charge in [0.2, 0.25) is 0 Å². The lowest BCUT2D eigenvalue weighted by Gasteiger charge is -2.32. The number of aldehydes is 1. The molecule has 0 saturated carbocycles. The standard InChI is InChI=1S/C22H21N3O5/c26-13-16-11-23-8-9-25(16)12-14-4-6-15(7-5-14)24-22(29)20-10-18(28)21-17(27)2-1-3-19(21)30-20/h1-7,10,13,16,23,27H,8-9,11-12H2,(H,24,29). The van der Waals surface area contributed by atoms with Crippen LogP contribution in [0.4, 0.5) is 5.69 Å². The van der Waals surface area contributed by atoms with Crippen LogP contribution in [0.1, 0.15) is 16.1 Å². The first-order chi connectivity index (χ1) is 14.5. The Bertz CT molecular complexity index is 1140. The van der Waals surface area contributed by atoms with Crippen molar-refractivity contribution in [1.29, 1.82) is 0 Å². The van der Waals surface area contributed by atoms with Crippen molar-refractivity contribution in [2.45, 2.75) is 12.6 Å². The molecule has 1 aliphatic rings. The Balaban J connectivity index is 1.47. The second-order valence-electron chi connectivity index (χ2n) is 7.15. The fourth-order valence-electron chi connectivity index (χ4n) is 3.52. The molecule has 1 unspecified atom stereocenters. The number of carbonyl (C=O) groups is 2. The van der Waals surface area contributed by atoms with E-state index < -0.39 is 11.3 Å². The fraction of sp³-hybridized carbons (Fsp3) is 0.227. The molecule has 8 nitrogen and oxygen atoms in total. The van der Waals surface area contributed by atoms with Gasteiger partial charge in [0.05, 0.1) is 6.04 Å². The van der Waals surface area contributed by atoms with Gasteiger partial charge < -0.3 is 25.0 Å². The van der Waals surface area contributed by atoms with Gasteiger partial charge in [0, 0.05) is 37.9 Å². The molecule has 3 aromatic rings. The first-order valence-corrected chi connectivity index (χ1v) is 9.61. The van der Waals surface area contributed by atoms with Gasteiger partial charge in [0.25, 0.3) is 5.91 Å². The molecular formula is C22H21N3O5. The van der Waals surface area contributed by atoms with Gasteiger partial charge >= 0.3 is 0 Å². The number of piperazine rings is 1. The van der Waals surface area contributed by atoms with E-state index in [1.165, 1.54) is 18.2 Å². The number of aromatic hydroxyl groups is 1. The summed E-state index contributed by atoms with van der Waals surface area (Å²) in [5.74, 6) is -0.893. The normalized spacial score (nSPS) is 17.0. The molecule has 1 saturated heterocycles. The lowest BCUT2D eigenvalue weighted by Crippen LogP contribution is -2.51. The third-order valence-electron chi connectivity index (χ3n) is 5.11. The predicted molar refractivity (Wildman–Crippen MR) is 112 cm³/mol. The maximum Gasteiger partial charge on any atom is 0.291 e. The molecule has 1 fully saturated rings. The third-order valence-corrected chi connectivity index (χ3v) is 5.11. The number of hydrogen-bond donors (Lipinski definition) is 3. The number of phenols is 1. The van der Waals surface area contributed by atoms with E-state index in [0.29, 0.717) is 18.8 Å². The molecular weight excluding hydrogens is 386 g/mol. The van der Waals surface area contributed by atoms with Crippen molar-refractivity contribution in [3.63, 3.8) is 0 Å². The van der Waals surface area contributed by atoms with Gasteiger partial charge in [-0.3, -0.25) is 14.5 Å². The number of fused-ring (bicyclic) bond motifs is 1. The predicted octanol–water partition coefficient (Wildman–Crippen LogP) is 1.72. The summed E-state index contributed by atoms with van der Waals surface area (Å²) in [5.41, 5.74) is 1.23. The quantitative estimate of drug-likeness (QED) is 0.552. The Kier molecular flexibility index (Phi) is 5.60. The average molecular weight is 407 g/mol. The zero-order valence-electron chi connectivity index (χ0n) is 16.1. The largest absolute Gasteiger partial charge is 0.507 e. The van der Waals surface area contributed by atoms with E-state index in [0.717, 1.165) is 31.0 Å². The van der Waals surface area contributed by atoms with Crippen LogP contribution in [0.15, 0.2) is 57.7 Å². The Morgan fingerprint density at radius 2 is 2.07 bits per heavy atom. The molecule has 0 spiro atoms. The summed E-state index contributed by atoms with van der Waals surface area (Å²) >= 11 is 0. The molecule has 30 heavy (non-hydrogen) atoms. The summed E-state index contributed by atoms with van der Waals surface area (Å²) < 4.78 is 5.49. The number of rotatable bonds is 5. The summed E-state index contributed by atoms with van der Waals surface area (Å²) in [6, 6.07) is 12.6. The minimum atomic E-state index is -0.562. The maximum atomic E-state index is 12.5. The van der Waals surface area contributed by atoms with Crippen LogP contribution in [0.5, 0.6) is 5.75 Å². The molecule has 2 heterocycles. The van der Waals surface area contributed by atoms with Crippen molar-refractivity contribution in [1.82, 2.24) is 10.2 Å². The van der Waals surface area contributed by atoms with Crippen molar-refractivity contribution in [2.75, 3.05) is 25.0 Å². The van der Waals surface area contributed by atoms with Gasteiger partial charge in [-0.05, 0) is 29.8 Å². The minimum absolute atomic E-state index is 0.0416. The van der Waals surface area contributed by atoms with E-state index in [1.54, 1.807) is 12.1 Å². The first-order valence-electron chi connectivity index (χ1n) is 9.61. The molecule has 1 aliphatic heterocycles. The van der Waals surface area contributed by atoms with Crippen molar-refractivity contribution in [3.8, 4) is 5.75 Å². The van der Waals surface area contributed by atoms with E-state index in [4.69, 9.17) is 4.42 Å². The number of hydrogen-bond acceptors (Lipinski definition) is 7. The van der Waals surface area contributed by atoms with Crippen LogP contribution in [0.2, 0.25) is 0 Å². The Morgan fingerprint density at radius 3 is 2.83 bits per heavy atom. The second kappa shape index (κ2) is 8.48. The smallest absolute Gasteiger partial charge is 0.291 e. The van der Waals surface area contributed by atoms with Gasteiger partial charge in [0.15, 0.2) is 11.2 Å². The highest BCUT2D eigenvalue weighted by molar-refractivity contribution is 6.03. The van der Waals surface area contributed by atoms with Gasteiger partial charge in [0.1, 0.15) is 23.0 Å². The van der Waals surface area contributed by atoms with Crippen molar-refractivity contribution in [3.05, 3.63) is 70.1 Å². The summed E-state index contributed by atoms with van der Waals surface area (Å²) in [6.45, 7) is 2.92. The van der Waals surface area contributed by atoms with Crippen molar-refractivity contribution < 1.29 is 19.1 Å². The Hall–Kier alpha value is -3.49. The first kappa shape index (κ1) is 19.8. The molecule has 3 N–H and O–H groups in total. The highest BCUT2D eigenvalue weighted by Crippen LogP contribution is 2.22. The molecule has 1 amide bonds. The van der Waals surface area contributed by atoms with E-state index in [2.05, 4.69) is 15.5 Å². The number of benzene rings is 2. The van der Waals surface area contributed by atoms with Crippen LogP contribution in [-0.2, 0) is 11.3 Å². The van der Waals surface area contributed by atoms with Gasteiger partial charge in [-0.25, -0.2) is 0 Å². The molecule has 1 aromatic heterocycles. The number of nitrogens with zero attached hydrogens (tertiary/aromatic N) is 1. The lowest BCUT2D eigenvalue weighted by molar-refractivity contribution is -0.113. The van der Waals surface area contributed by atoms with Gasteiger partial charge in [-0.1, -0.05) is 18.2 Å². The number of anilines is 1.